The van der Waals surface area contributed by atoms with E-state index in [1.807, 2.05) is 19.9 Å². The third-order valence-corrected chi connectivity index (χ3v) is 4.10. The van der Waals surface area contributed by atoms with Gasteiger partial charge in [-0.25, -0.2) is 0 Å². The standard InChI is InChI=1S/C16H20ClNO4/c1-10(2)13-4-3-11(7-14(13)17)16(21)18-5-6-22-9-12(18)8-15(19)20/h3-4,7,10,12H,5-6,8-9H2,1-2H3,(H,19,20). The van der Waals surface area contributed by atoms with E-state index in [1.165, 1.54) is 0 Å². The molecule has 1 aromatic carbocycles. The Bertz CT molecular complexity index is 573. The molecule has 0 bridgehead atoms. The first-order valence-corrected chi connectivity index (χ1v) is 7.68. The number of amides is 1. The van der Waals surface area contributed by atoms with Crippen LogP contribution in [-0.2, 0) is 9.53 Å². The topological polar surface area (TPSA) is 66.8 Å². The van der Waals surface area contributed by atoms with Crippen LogP contribution in [0.4, 0.5) is 0 Å². The predicted molar refractivity (Wildman–Crippen MR) is 83.4 cm³/mol. The summed E-state index contributed by atoms with van der Waals surface area (Å²) in [6, 6.07) is 4.82. The second-order valence-corrected chi connectivity index (χ2v) is 6.12. The van der Waals surface area contributed by atoms with Crippen molar-refractivity contribution in [2.45, 2.75) is 32.2 Å². The number of rotatable bonds is 4. The SMILES string of the molecule is CC(C)c1ccc(C(=O)N2CCOCC2CC(=O)O)cc1Cl. The minimum atomic E-state index is -0.943. The lowest BCUT2D eigenvalue weighted by molar-refractivity contribution is -0.139. The van der Waals surface area contributed by atoms with Gasteiger partial charge in [0.05, 0.1) is 25.7 Å². The van der Waals surface area contributed by atoms with E-state index in [-0.39, 0.29) is 24.9 Å². The highest BCUT2D eigenvalue weighted by Crippen LogP contribution is 2.26. The van der Waals surface area contributed by atoms with Crippen LogP contribution < -0.4 is 0 Å². The van der Waals surface area contributed by atoms with Crippen LogP contribution in [0.5, 0.6) is 0 Å². The van der Waals surface area contributed by atoms with Gasteiger partial charge in [0.15, 0.2) is 0 Å². The number of nitrogens with zero attached hydrogens (tertiary/aromatic N) is 1. The predicted octanol–water partition coefficient (Wildman–Crippen LogP) is 2.78. The summed E-state index contributed by atoms with van der Waals surface area (Å²) >= 11 is 6.24. The summed E-state index contributed by atoms with van der Waals surface area (Å²) in [6.45, 7) is 5.12. The average Bonchev–Trinajstić information content (AvgIpc) is 2.46. The minimum absolute atomic E-state index is 0.121. The average molecular weight is 326 g/mol. The van der Waals surface area contributed by atoms with Gasteiger partial charge < -0.3 is 14.7 Å². The van der Waals surface area contributed by atoms with Crippen molar-refractivity contribution in [2.24, 2.45) is 0 Å². The monoisotopic (exact) mass is 325 g/mol. The van der Waals surface area contributed by atoms with Crippen LogP contribution in [-0.4, -0.2) is 47.7 Å². The molecule has 1 aromatic rings. The van der Waals surface area contributed by atoms with E-state index in [4.69, 9.17) is 21.4 Å². The van der Waals surface area contributed by atoms with Crippen LogP contribution in [0.25, 0.3) is 0 Å². The number of halogens is 1. The van der Waals surface area contributed by atoms with Gasteiger partial charge in [0.2, 0.25) is 0 Å². The zero-order valence-electron chi connectivity index (χ0n) is 12.7. The highest BCUT2D eigenvalue weighted by atomic mass is 35.5. The number of morpholine rings is 1. The molecule has 0 aliphatic carbocycles. The van der Waals surface area contributed by atoms with Gasteiger partial charge in [0.1, 0.15) is 0 Å². The normalized spacial score (nSPS) is 18.5. The van der Waals surface area contributed by atoms with E-state index >= 15 is 0 Å². The lowest BCUT2D eigenvalue weighted by Crippen LogP contribution is -2.49. The number of aliphatic carboxylic acids is 1. The van der Waals surface area contributed by atoms with Crippen molar-refractivity contribution >= 4 is 23.5 Å². The number of benzene rings is 1. The zero-order valence-corrected chi connectivity index (χ0v) is 13.5. The first-order chi connectivity index (χ1) is 10.4. The minimum Gasteiger partial charge on any atom is -0.481 e. The van der Waals surface area contributed by atoms with Gasteiger partial charge in [-0.05, 0) is 23.6 Å². The summed E-state index contributed by atoms with van der Waals surface area (Å²) in [7, 11) is 0. The molecule has 0 saturated carbocycles. The van der Waals surface area contributed by atoms with Crippen molar-refractivity contribution in [3.63, 3.8) is 0 Å². The van der Waals surface area contributed by atoms with E-state index in [0.717, 1.165) is 5.56 Å². The Labute approximate surface area is 134 Å². The van der Waals surface area contributed by atoms with Crippen molar-refractivity contribution in [2.75, 3.05) is 19.8 Å². The second-order valence-electron chi connectivity index (χ2n) is 5.72. The molecule has 1 atom stereocenters. The highest BCUT2D eigenvalue weighted by molar-refractivity contribution is 6.31. The smallest absolute Gasteiger partial charge is 0.305 e. The Morgan fingerprint density at radius 3 is 2.77 bits per heavy atom. The molecular formula is C16H20ClNO4. The fourth-order valence-corrected chi connectivity index (χ4v) is 2.99. The fraction of sp³-hybridized carbons (Fsp3) is 0.500. The summed E-state index contributed by atoms with van der Waals surface area (Å²) in [5, 5.41) is 9.52. The number of carbonyl (C=O) groups is 2. The van der Waals surface area contributed by atoms with Crippen molar-refractivity contribution in [1.29, 1.82) is 0 Å². The molecule has 5 nitrogen and oxygen atoms in total. The lowest BCUT2D eigenvalue weighted by Gasteiger charge is -2.35. The van der Waals surface area contributed by atoms with E-state index in [0.29, 0.717) is 23.7 Å². The maximum absolute atomic E-state index is 12.6. The van der Waals surface area contributed by atoms with Crippen molar-refractivity contribution in [1.82, 2.24) is 4.90 Å². The first-order valence-electron chi connectivity index (χ1n) is 7.30. The summed E-state index contributed by atoms with van der Waals surface area (Å²) < 4.78 is 5.29. The maximum Gasteiger partial charge on any atom is 0.305 e. The van der Waals surface area contributed by atoms with E-state index < -0.39 is 12.0 Å². The van der Waals surface area contributed by atoms with Gasteiger partial charge in [-0.2, -0.15) is 0 Å². The third-order valence-electron chi connectivity index (χ3n) is 3.77. The molecule has 0 aromatic heterocycles. The molecule has 1 fully saturated rings. The molecule has 2 rings (SSSR count). The van der Waals surface area contributed by atoms with Crippen LogP contribution in [0.15, 0.2) is 18.2 Å². The number of carboxylic acids is 1. The van der Waals surface area contributed by atoms with Crippen LogP contribution in [0.2, 0.25) is 5.02 Å². The quantitative estimate of drug-likeness (QED) is 0.924. The molecule has 22 heavy (non-hydrogen) atoms. The number of hydrogen-bond acceptors (Lipinski definition) is 3. The molecular weight excluding hydrogens is 306 g/mol. The molecule has 1 aliphatic rings. The lowest BCUT2D eigenvalue weighted by atomic mass is 10.0. The second kappa shape index (κ2) is 7.11. The van der Waals surface area contributed by atoms with Crippen molar-refractivity contribution < 1.29 is 19.4 Å². The number of carbonyl (C=O) groups excluding carboxylic acids is 1. The van der Waals surface area contributed by atoms with Crippen LogP contribution >= 0.6 is 11.6 Å². The van der Waals surface area contributed by atoms with Crippen LogP contribution in [0, 0.1) is 0 Å². The fourth-order valence-electron chi connectivity index (χ4n) is 2.59. The highest BCUT2D eigenvalue weighted by Gasteiger charge is 2.30. The molecule has 120 valence electrons. The van der Waals surface area contributed by atoms with Crippen LogP contribution in [0.1, 0.15) is 42.1 Å². The summed E-state index contributed by atoms with van der Waals surface area (Å²) in [5.41, 5.74) is 1.47. The van der Waals surface area contributed by atoms with E-state index in [9.17, 15) is 9.59 Å². The first kappa shape index (κ1) is 16.8. The van der Waals surface area contributed by atoms with Crippen LogP contribution in [0.3, 0.4) is 0 Å². The largest absolute Gasteiger partial charge is 0.481 e. The Balaban J connectivity index is 2.21. The molecule has 1 unspecified atom stereocenters. The zero-order chi connectivity index (χ0) is 16.3. The van der Waals surface area contributed by atoms with Crippen molar-refractivity contribution in [3.05, 3.63) is 34.3 Å². The third kappa shape index (κ3) is 3.78. The summed E-state index contributed by atoms with van der Waals surface area (Å²) in [4.78, 5) is 25.1. The Kier molecular flexibility index (Phi) is 5.42. The summed E-state index contributed by atoms with van der Waals surface area (Å²) in [6.07, 6.45) is -0.121. The molecule has 6 heteroatoms. The van der Waals surface area contributed by atoms with E-state index in [2.05, 4.69) is 0 Å². The Morgan fingerprint density at radius 1 is 1.45 bits per heavy atom. The van der Waals surface area contributed by atoms with Gasteiger partial charge in [0, 0.05) is 17.1 Å². The number of hydrogen-bond donors (Lipinski definition) is 1. The molecule has 0 radical (unpaired) electrons. The molecule has 1 aliphatic heterocycles. The molecule has 0 spiro atoms. The van der Waals surface area contributed by atoms with Gasteiger partial charge in [-0.15, -0.1) is 0 Å². The Morgan fingerprint density at radius 2 is 2.18 bits per heavy atom. The van der Waals surface area contributed by atoms with E-state index in [1.54, 1.807) is 17.0 Å². The number of ether oxygens (including phenoxy) is 1. The molecule has 1 N–H and O–H groups in total. The van der Waals surface area contributed by atoms with Gasteiger partial charge in [-0.3, -0.25) is 9.59 Å². The van der Waals surface area contributed by atoms with Crippen molar-refractivity contribution in [3.8, 4) is 0 Å². The number of carboxylic acid groups (broad SMARTS) is 1. The maximum atomic E-state index is 12.6. The van der Waals surface area contributed by atoms with Gasteiger partial charge in [0.25, 0.3) is 5.91 Å². The van der Waals surface area contributed by atoms with Gasteiger partial charge in [-0.1, -0.05) is 31.5 Å². The molecule has 1 saturated heterocycles. The molecule has 1 amide bonds. The summed E-state index contributed by atoms with van der Waals surface area (Å²) in [5.74, 6) is -0.868. The van der Waals surface area contributed by atoms with Gasteiger partial charge >= 0.3 is 5.97 Å². The Hall–Kier alpha value is -1.59. The molecule has 1 heterocycles.